The molecule has 0 saturated carbocycles. The van der Waals surface area contributed by atoms with E-state index in [1.807, 2.05) is 30.7 Å². The van der Waals surface area contributed by atoms with E-state index in [0.717, 1.165) is 16.8 Å². The van der Waals surface area contributed by atoms with Gasteiger partial charge in [0.15, 0.2) is 5.78 Å². The molecule has 0 aliphatic carbocycles. The number of pyridine rings is 1. The van der Waals surface area contributed by atoms with Gasteiger partial charge < -0.3 is 4.57 Å². The Hall–Kier alpha value is -2.49. The number of Topliss-reactive ketones (excluding diaryl/α,β-unsaturated/α-hetero) is 1. The van der Waals surface area contributed by atoms with E-state index in [1.54, 1.807) is 18.5 Å². The van der Waals surface area contributed by atoms with Crippen molar-refractivity contribution >= 4 is 16.7 Å². The van der Waals surface area contributed by atoms with Crippen LogP contribution in [0.3, 0.4) is 0 Å². The number of aromatic nitrogens is 2. The summed E-state index contributed by atoms with van der Waals surface area (Å²) in [5, 5.41) is 0.660. The van der Waals surface area contributed by atoms with Gasteiger partial charge in [-0.2, -0.15) is 0 Å². The highest BCUT2D eigenvalue weighted by molar-refractivity contribution is 6.08. The van der Waals surface area contributed by atoms with E-state index in [1.165, 1.54) is 12.1 Å². The number of halogens is 1. The molecule has 0 spiro atoms. The molecule has 106 valence electrons. The number of nitrogens with zero attached hydrogens (tertiary/aromatic N) is 2. The van der Waals surface area contributed by atoms with E-state index in [2.05, 4.69) is 4.98 Å². The third-order valence-corrected chi connectivity index (χ3v) is 3.58. The van der Waals surface area contributed by atoms with Crippen LogP contribution in [-0.4, -0.2) is 15.3 Å². The Balaban J connectivity index is 2.00. The fourth-order valence-corrected chi connectivity index (χ4v) is 2.58. The zero-order valence-corrected chi connectivity index (χ0v) is 11.9. The van der Waals surface area contributed by atoms with Gasteiger partial charge in [-0.1, -0.05) is 0 Å². The molecule has 0 saturated heterocycles. The van der Waals surface area contributed by atoms with Crippen LogP contribution in [0.5, 0.6) is 0 Å². The molecule has 3 rings (SSSR count). The van der Waals surface area contributed by atoms with E-state index in [-0.39, 0.29) is 11.6 Å². The smallest absolute Gasteiger partial charge is 0.169 e. The fourth-order valence-electron chi connectivity index (χ4n) is 2.58. The molecule has 2 aromatic heterocycles. The second-order valence-electron chi connectivity index (χ2n) is 5.22. The summed E-state index contributed by atoms with van der Waals surface area (Å²) < 4.78 is 15.3. The van der Waals surface area contributed by atoms with E-state index < -0.39 is 0 Å². The number of hydrogen-bond acceptors (Lipinski definition) is 2. The van der Waals surface area contributed by atoms with E-state index in [9.17, 15) is 9.18 Å². The monoisotopic (exact) mass is 282 g/mol. The Labute approximate surface area is 122 Å². The number of benzene rings is 1. The molecule has 4 heteroatoms. The number of rotatable bonds is 3. The van der Waals surface area contributed by atoms with E-state index in [4.69, 9.17) is 0 Å². The van der Waals surface area contributed by atoms with Gasteiger partial charge in [0.25, 0.3) is 0 Å². The summed E-state index contributed by atoms with van der Waals surface area (Å²) in [6, 6.07) is 8.24. The average molecular weight is 282 g/mol. The van der Waals surface area contributed by atoms with Crippen LogP contribution in [0.25, 0.3) is 10.9 Å². The van der Waals surface area contributed by atoms with Crippen LogP contribution in [0.1, 0.15) is 21.6 Å². The lowest BCUT2D eigenvalue weighted by atomic mass is 10.0. The van der Waals surface area contributed by atoms with Gasteiger partial charge in [-0.25, -0.2) is 4.39 Å². The van der Waals surface area contributed by atoms with Gasteiger partial charge in [-0.3, -0.25) is 9.78 Å². The number of fused-ring (bicyclic) bond motifs is 1. The van der Waals surface area contributed by atoms with Crippen molar-refractivity contribution in [2.24, 2.45) is 7.05 Å². The lowest BCUT2D eigenvalue weighted by molar-refractivity contribution is 0.0994. The molecule has 0 N–H and O–H groups in total. The maximum absolute atomic E-state index is 13.4. The lowest BCUT2D eigenvalue weighted by Crippen LogP contribution is -2.03. The Morgan fingerprint density at radius 1 is 1.29 bits per heavy atom. The topological polar surface area (TPSA) is 34.9 Å². The largest absolute Gasteiger partial charge is 0.350 e. The molecular weight excluding hydrogens is 267 g/mol. The first kappa shape index (κ1) is 13.5. The second-order valence-corrected chi connectivity index (χ2v) is 5.22. The standard InChI is InChI=1S/C17H15FN2O/c1-11-7-12(5-6-19-11)8-17(21)15-10-20(2)16-4-3-13(18)9-14(15)16/h3-7,9-10H,8H2,1-2H3. The van der Waals surface area contributed by atoms with Crippen LogP contribution >= 0.6 is 0 Å². The van der Waals surface area contributed by atoms with Crippen molar-refractivity contribution in [3.05, 3.63) is 65.4 Å². The van der Waals surface area contributed by atoms with Gasteiger partial charge in [-0.15, -0.1) is 0 Å². The molecule has 0 bridgehead atoms. The molecule has 21 heavy (non-hydrogen) atoms. The summed E-state index contributed by atoms with van der Waals surface area (Å²) in [5.41, 5.74) is 3.21. The van der Waals surface area contributed by atoms with Gasteiger partial charge in [-0.05, 0) is 42.8 Å². The fraction of sp³-hybridized carbons (Fsp3) is 0.176. The average Bonchev–Trinajstić information content (AvgIpc) is 2.75. The van der Waals surface area contributed by atoms with Crippen molar-refractivity contribution < 1.29 is 9.18 Å². The lowest BCUT2D eigenvalue weighted by Gasteiger charge is -2.01. The number of ketones is 1. The summed E-state index contributed by atoms with van der Waals surface area (Å²) in [5.74, 6) is -0.348. The van der Waals surface area contributed by atoms with Crippen LogP contribution in [0.4, 0.5) is 4.39 Å². The van der Waals surface area contributed by atoms with E-state index in [0.29, 0.717) is 17.4 Å². The van der Waals surface area contributed by atoms with Crippen LogP contribution < -0.4 is 0 Å². The molecule has 0 atom stereocenters. The zero-order chi connectivity index (χ0) is 15.0. The molecular formula is C17H15FN2O. The summed E-state index contributed by atoms with van der Waals surface area (Å²) >= 11 is 0. The number of carbonyl (C=O) groups excluding carboxylic acids is 1. The van der Waals surface area contributed by atoms with Crippen molar-refractivity contribution in [1.29, 1.82) is 0 Å². The van der Waals surface area contributed by atoms with Crippen molar-refractivity contribution in [3.63, 3.8) is 0 Å². The molecule has 3 aromatic rings. The molecule has 0 aliphatic heterocycles. The SMILES string of the molecule is Cc1cc(CC(=O)c2cn(C)c3ccc(F)cc23)ccn1. The Kier molecular flexibility index (Phi) is 3.29. The Bertz CT molecular complexity index is 836. The highest BCUT2D eigenvalue weighted by Crippen LogP contribution is 2.23. The van der Waals surface area contributed by atoms with Crippen LogP contribution in [0.15, 0.2) is 42.7 Å². The van der Waals surface area contributed by atoms with Crippen molar-refractivity contribution in [2.75, 3.05) is 0 Å². The normalized spacial score (nSPS) is 11.0. The van der Waals surface area contributed by atoms with Gasteiger partial charge in [0.1, 0.15) is 5.82 Å². The van der Waals surface area contributed by atoms with Crippen LogP contribution in [-0.2, 0) is 13.5 Å². The molecule has 3 nitrogen and oxygen atoms in total. The quantitative estimate of drug-likeness (QED) is 0.690. The number of hydrogen-bond donors (Lipinski definition) is 0. The molecule has 2 heterocycles. The summed E-state index contributed by atoms with van der Waals surface area (Å²) in [4.78, 5) is 16.6. The van der Waals surface area contributed by atoms with Crippen molar-refractivity contribution in [3.8, 4) is 0 Å². The Morgan fingerprint density at radius 3 is 2.86 bits per heavy atom. The summed E-state index contributed by atoms with van der Waals surface area (Å²) in [6.45, 7) is 1.89. The third kappa shape index (κ3) is 2.57. The first-order valence-corrected chi connectivity index (χ1v) is 6.74. The molecule has 0 aliphatic rings. The van der Waals surface area contributed by atoms with Gasteiger partial charge in [0, 0.05) is 48.0 Å². The van der Waals surface area contributed by atoms with Crippen molar-refractivity contribution in [2.45, 2.75) is 13.3 Å². The number of carbonyl (C=O) groups is 1. The second kappa shape index (κ2) is 5.13. The van der Waals surface area contributed by atoms with Gasteiger partial charge >= 0.3 is 0 Å². The number of aryl methyl sites for hydroxylation is 2. The first-order valence-electron chi connectivity index (χ1n) is 6.74. The third-order valence-electron chi connectivity index (χ3n) is 3.58. The molecule has 1 aromatic carbocycles. The summed E-state index contributed by atoms with van der Waals surface area (Å²) in [7, 11) is 1.85. The first-order chi connectivity index (χ1) is 10.0. The molecule has 0 amide bonds. The highest BCUT2D eigenvalue weighted by Gasteiger charge is 2.15. The predicted octanol–water partition coefficient (Wildman–Crippen LogP) is 3.45. The minimum Gasteiger partial charge on any atom is -0.350 e. The molecule has 0 radical (unpaired) electrons. The zero-order valence-electron chi connectivity index (χ0n) is 11.9. The predicted molar refractivity (Wildman–Crippen MR) is 79.9 cm³/mol. The van der Waals surface area contributed by atoms with Gasteiger partial charge in [0.2, 0.25) is 0 Å². The van der Waals surface area contributed by atoms with Crippen LogP contribution in [0, 0.1) is 12.7 Å². The van der Waals surface area contributed by atoms with Crippen LogP contribution in [0.2, 0.25) is 0 Å². The summed E-state index contributed by atoms with van der Waals surface area (Å²) in [6.07, 6.45) is 3.75. The maximum Gasteiger partial charge on any atom is 0.169 e. The molecule has 0 fully saturated rings. The highest BCUT2D eigenvalue weighted by atomic mass is 19.1. The van der Waals surface area contributed by atoms with Gasteiger partial charge in [0.05, 0.1) is 0 Å². The Morgan fingerprint density at radius 2 is 2.10 bits per heavy atom. The minimum atomic E-state index is -0.331. The molecule has 0 unspecified atom stereocenters. The maximum atomic E-state index is 13.4. The minimum absolute atomic E-state index is 0.0169. The van der Waals surface area contributed by atoms with E-state index >= 15 is 0 Å². The van der Waals surface area contributed by atoms with Crippen molar-refractivity contribution in [1.82, 2.24) is 9.55 Å².